The lowest BCUT2D eigenvalue weighted by Crippen LogP contribution is -2.36. The molecule has 3 rings (SSSR count). The first-order valence-electron chi connectivity index (χ1n) is 12.2. The minimum atomic E-state index is -1.06. The predicted molar refractivity (Wildman–Crippen MR) is 143 cm³/mol. The van der Waals surface area contributed by atoms with E-state index in [1.165, 1.54) is 5.56 Å². The topological polar surface area (TPSA) is 55.8 Å². The summed E-state index contributed by atoms with van der Waals surface area (Å²) in [6.45, 7) is 14.4. The smallest absolute Gasteiger partial charge is 0.341 e. The minimum Gasteiger partial charge on any atom is -0.480 e. The molecule has 1 fully saturated rings. The summed E-state index contributed by atoms with van der Waals surface area (Å²) in [7, 11) is 0. The Labute approximate surface area is 219 Å². The highest BCUT2D eigenvalue weighted by Crippen LogP contribution is 2.51. The van der Waals surface area contributed by atoms with E-state index in [-0.39, 0.29) is 29.5 Å². The lowest BCUT2D eigenvalue weighted by atomic mass is 9.74. The molecule has 190 valence electrons. The summed E-state index contributed by atoms with van der Waals surface area (Å²) in [5.41, 5.74) is 3.86. The Balaban J connectivity index is 2.12. The van der Waals surface area contributed by atoms with E-state index in [0.29, 0.717) is 15.8 Å². The summed E-state index contributed by atoms with van der Waals surface area (Å²) in [6.07, 6.45) is 2.35. The van der Waals surface area contributed by atoms with Crippen molar-refractivity contribution in [1.29, 1.82) is 0 Å². The van der Waals surface area contributed by atoms with Gasteiger partial charge in [-0.1, -0.05) is 81.6 Å². The number of carboxylic acid groups (broad SMARTS) is 1. The van der Waals surface area contributed by atoms with Crippen LogP contribution < -0.4 is 4.74 Å². The molecule has 0 bridgehead atoms. The van der Waals surface area contributed by atoms with Crippen molar-refractivity contribution in [2.75, 3.05) is 6.61 Å². The van der Waals surface area contributed by atoms with Gasteiger partial charge in [0.1, 0.15) is 5.75 Å². The maximum atomic E-state index is 11.3. The lowest BCUT2D eigenvalue weighted by molar-refractivity contribution is -0.139. The normalized spacial score (nSPS) is 22.6. The van der Waals surface area contributed by atoms with E-state index in [2.05, 4.69) is 52.5 Å². The van der Waals surface area contributed by atoms with E-state index in [4.69, 9.17) is 32.7 Å². The summed E-state index contributed by atoms with van der Waals surface area (Å²) < 4.78 is 12.6. The fourth-order valence-electron chi connectivity index (χ4n) is 4.84. The van der Waals surface area contributed by atoms with Crippen LogP contribution >= 0.6 is 23.2 Å². The summed E-state index contributed by atoms with van der Waals surface area (Å²) in [4.78, 5) is 11.3. The zero-order valence-corrected chi connectivity index (χ0v) is 22.7. The zero-order valence-electron chi connectivity index (χ0n) is 21.2. The van der Waals surface area contributed by atoms with E-state index in [9.17, 15) is 9.90 Å². The lowest BCUT2D eigenvalue weighted by Gasteiger charge is -2.43. The molecule has 0 unspecified atom stereocenters. The Kier molecular flexibility index (Phi) is 8.96. The molecule has 0 amide bonds. The van der Waals surface area contributed by atoms with Gasteiger partial charge in [-0.3, -0.25) is 0 Å². The molecule has 2 aromatic rings. The van der Waals surface area contributed by atoms with Gasteiger partial charge in [-0.15, -0.1) is 0 Å². The van der Waals surface area contributed by atoms with Crippen molar-refractivity contribution >= 4 is 29.2 Å². The van der Waals surface area contributed by atoms with Crippen LogP contribution in [0, 0.1) is 5.92 Å². The number of hydrogen-bond acceptors (Lipinski definition) is 3. The molecule has 1 aliphatic rings. The second-order valence-corrected chi connectivity index (χ2v) is 11.4. The van der Waals surface area contributed by atoms with Crippen molar-refractivity contribution in [3.05, 3.63) is 75.3 Å². The van der Waals surface area contributed by atoms with E-state index in [1.807, 2.05) is 25.1 Å². The van der Waals surface area contributed by atoms with Crippen LogP contribution in [0.2, 0.25) is 10.0 Å². The molecule has 6 heteroatoms. The molecule has 1 saturated heterocycles. The molecular weight excluding hydrogens is 483 g/mol. The van der Waals surface area contributed by atoms with Gasteiger partial charge >= 0.3 is 5.97 Å². The first-order chi connectivity index (χ1) is 16.4. The standard InChI is InChI=1S/C29H36Cl2O4/c1-7-8-25-22(18-9-11-20(30)12-10-18)15-21(17(2)3)27(35-25)23-13-19(29(4,5)6)14-24(31)28(23)34-16-26(32)33/h9-14,21-22,25,27H,2,7-8,15-16H2,1,3-6H3,(H,32,33)/t21-,22+,25-,27-/m0/s1. The van der Waals surface area contributed by atoms with Crippen molar-refractivity contribution in [2.24, 2.45) is 5.92 Å². The third-order valence-electron chi connectivity index (χ3n) is 6.73. The number of hydrogen-bond donors (Lipinski definition) is 1. The van der Waals surface area contributed by atoms with E-state index in [0.717, 1.165) is 36.0 Å². The van der Waals surface area contributed by atoms with E-state index in [1.54, 1.807) is 0 Å². The summed E-state index contributed by atoms with van der Waals surface area (Å²) in [5, 5.41) is 10.4. The minimum absolute atomic E-state index is 0.00208. The molecule has 0 radical (unpaired) electrons. The zero-order chi connectivity index (χ0) is 25.9. The van der Waals surface area contributed by atoms with Crippen LogP contribution in [0.5, 0.6) is 5.75 Å². The second kappa shape index (κ2) is 11.4. The van der Waals surface area contributed by atoms with Gasteiger partial charge in [0, 0.05) is 22.4 Å². The maximum absolute atomic E-state index is 11.3. The molecule has 1 N–H and O–H groups in total. The Morgan fingerprint density at radius 2 is 1.86 bits per heavy atom. The molecular formula is C29H36Cl2O4. The van der Waals surface area contributed by atoms with Crippen molar-refractivity contribution < 1.29 is 19.4 Å². The quantitative estimate of drug-likeness (QED) is 0.356. The van der Waals surface area contributed by atoms with Gasteiger partial charge in [0.05, 0.1) is 17.2 Å². The number of carbonyl (C=O) groups is 1. The van der Waals surface area contributed by atoms with Gasteiger partial charge in [0.2, 0.25) is 0 Å². The first kappa shape index (κ1) is 27.6. The van der Waals surface area contributed by atoms with Crippen molar-refractivity contribution in [3.63, 3.8) is 0 Å². The average Bonchev–Trinajstić information content (AvgIpc) is 2.77. The van der Waals surface area contributed by atoms with E-state index < -0.39 is 12.6 Å². The molecule has 2 aromatic carbocycles. The van der Waals surface area contributed by atoms with Crippen molar-refractivity contribution in [1.82, 2.24) is 0 Å². The number of halogens is 2. The molecule has 4 nitrogen and oxygen atoms in total. The van der Waals surface area contributed by atoms with Crippen molar-refractivity contribution in [2.45, 2.75) is 77.4 Å². The molecule has 1 aliphatic heterocycles. The molecule has 0 saturated carbocycles. The molecule has 0 aliphatic carbocycles. The molecule has 1 heterocycles. The van der Waals surface area contributed by atoms with Crippen molar-refractivity contribution in [3.8, 4) is 5.75 Å². The largest absolute Gasteiger partial charge is 0.480 e. The van der Waals surface area contributed by atoms with E-state index >= 15 is 0 Å². The summed E-state index contributed by atoms with van der Waals surface area (Å²) in [5.74, 6) is -0.491. The number of ether oxygens (including phenoxy) is 2. The molecule has 4 atom stereocenters. The van der Waals surface area contributed by atoms with Gasteiger partial charge in [0.15, 0.2) is 6.61 Å². The Hall–Kier alpha value is -2.01. The Bertz CT molecular complexity index is 1060. The van der Waals surface area contributed by atoms with Crippen LogP contribution in [-0.4, -0.2) is 23.8 Å². The Morgan fingerprint density at radius 3 is 2.40 bits per heavy atom. The molecule has 35 heavy (non-hydrogen) atoms. The first-order valence-corrected chi connectivity index (χ1v) is 12.9. The van der Waals surface area contributed by atoms with Crippen LogP contribution in [-0.2, 0) is 14.9 Å². The SMILES string of the molecule is C=C(C)[C@@H]1C[C@H](c2ccc(Cl)cc2)[C@H](CCC)O[C@@H]1c1cc(C(C)(C)C)cc(Cl)c1OCC(=O)O. The van der Waals surface area contributed by atoms with Crippen LogP contribution in [0.15, 0.2) is 48.6 Å². The third kappa shape index (κ3) is 6.61. The average molecular weight is 520 g/mol. The fourth-order valence-corrected chi connectivity index (χ4v) is 5.24. The van der Waals surface area contributed by atoms with Crippen LogP contribution in [0.25, 0.3) is 0 Å². The summed E-state index contributed by atoms with van der Waals surface area (Å²) in [6, 6.07) is 11.9. The third-order valence-corrected chi connectivity index (χ3v) is 7.27. The predicted octanol–water partition coefficient (Wildman–Crippen LogP) is 8.36. The Morgan fingerprint density at radius 1 is 1.20 bits per heavy atom. The highest BCUT2D eigenvalue weighted by molar-refractivity contribution is 6.32. The molecule has 0 aromatic heterocycles. The number of aliphatic carboxylic acids is 1. The fraction of sp³-hybridized carbons (Fsp3) is 0.483. The van der Waals surface area contributed by atoms with Gasteiger partial charge in [0.25, 0.3) is 0 Å². The van der Waals surface area contributed by atoms with Crippen LogP contribution in [0.3, 0.4) is 0 Å². The van der Waals surface area contributed by atoms with Crippen LogP contribution in [0.1, 0.15) is 82.6 Å². The van der Waals surface area contributed by atoms with Crippen LogP contribution in [0.4, 0.5) is 0 Å². The highest BCUT2D eigenvalue weighted by atomic mass is 35.5. The van der Waals surface area contributed by atoms with Gasteiger partial charge in [-0.25, -0.2) is 4.79 Å². The maximum Gasteiger partial charge on any atom is 0.341 e. The van der Waals surface area contributed by atoms with Gasteiger partial charge in [-0.05, 0) is 60.6 Å². The summed E-state index contributed by atoms with van der Waals surface area (Å²) >= 11 is 12.9. The number of carboxylic acids is 1. The van der Waals surface area contributed by atoms with Gasteiger partial charge < -0.3 is 14.6 Å². The molecule has 0 spiro atoms. The number of rotatable bonds is 8. The monoisotopic (exact) mass is 518 g/mol. The highest BCUT2D eigenvalue weighted by Gasteiger charge is 2.41. The second-order valence-electron chi connectivity index (χ2n) is 10.5. The number of benzene rings is 2. The van der Waals surface area contributed by atoms with Gasteiger partial charge in [-0.2, -0.15) is 0 Å².